The summed E-state index contributed by atoms with van der Waals surface area (Å²) < 4.78 is 27.1. The van der Waals surface area contributed by atoms with Crippen molar-refractivity contribution in [3.63, 3.8) is 0 Å². The molecule has 0 bridgehead atoms. The van der Waals surface area contributed by atoms with Crippen LogP contribution >= 0.6 is 0 Å². The molecular formula is C17H27N3O2S. The van der Waals surface area contributed by atoms with E-state index in [1.165, 1.54) is 5.57 Å². The van der Waals surface area contributed by atoms with E-state index in [4.69, 9.17) is 0 Å². The van der Waals surface area contributed by atoms with E-state index in [0.29, 0.717) is 11.4 Å². The van der Waals surface area contributed by atoms with Gasteiger partial charge in [0.25, 0.3) is 0 Å². The summed E-state index contributed by atoms with van der Waals surface area (Å²) in [4.78, 5) is 5.01. The number of piperazine rings is 1. The average Bonchev–Trinajstić information content (AvgIpc) is 2.49. The molecule has 23 heavy (non-hydrogen) atoms. The van der Waals surface area contributed by atoms with Gasteiger partial charge in [0.2, 0.25) is 10.0 Å². The highest BCUT2D eigenvalue weighted by molar-refractivity contribution is 7.89. The van der Waals surface area contributed by atoms with E-state index in [1.807, 2.05) is 26.0 Å². The lowest BCUT2D eigenvalue weighted by atomic mass is 10.2. The van der Waals surface area contributed by atoms with Gasteiger partial charge in [-0.1, -0.05) is 29.8 Å². The lowest BCUT2D eigenvalue weighted by Gasteiger charge is -2.34. The van der Waals surface area contributed by atoms with E-state index in [9.17, 15) is 8.42 Å². The number of aryl methyl sites for hydroxylation is 1. The predicted molar refractivity (Wildman–Crippen MR) is 94.1 cm³/mol. The fraction of sp³-hybridized carbons (Fsp3) is 0.529. The zero-order valence-corrected chi connectivity index (χ0v) is 14.9. The van der Waals surface area contributed by atoms with Crippen molar-refractivity contribution >= 4 is 10.0 Å². The molecule has 0 unspecified atom stereocenters. The third-order valence-corrected chi connectivity index (χ3v) is 5.49. The third-order valence-electron chi connectivity index (χ3n) is 4.01. The van der Waals surface area contributed by atoms with Crippen LogP contribution in [0.2, 0.25) is 0 Å². The topological polar surface area (TPSA) is 52.6 Å². The molecule has 6 heteroatoms. The molecule has 0 radical (unpaired) electrons. The minimum absolute atomic E-state index is 0.328. The lowest BCUT2D eigenvalue weighted by Crippen LogP contribution is -2.48. The maximum atomic E-state index is 12.2. The van der Waals surface area contributed by atoms with Crippen molar-refractivity contribution in [2.24, 2.45) is 0 Å². The number of sulfonamides is 1. The SMILES string of the molecule is C=C(C)CN1CCN(CCNS(=O)(=O)c2ccc(C)cc2)CC1. The molecule has 0 aliphatic carbocycles. The number of nitrogens with zero attached hydrogens (tertiary/aromatic N) is 2. The molecule has 1 N–H and O–H groups in total. The highest BCUT2D eigenvalue weighted by Gasteiger charge is 2.18. The maximum absolute atomic E-state index is 12.2. The van der Waals surface area contributed by atoms with Crippen molar-refractivity contribution in [2.75, 3.05) is 45.8 Å². The van der Waals surface area contributed by atoms with Gasteiger partial charge in [0.15, 0.2) is 0 Å². The van der Waals surface area contributed by atoms with Gasteiger partial charge in [0.05, 0.1) is 4.90 Å². The Kier molecular flexibility index (Phi) is 6.35. The first-order valence-corrected chi connectivity index (χ1v) is 9.50. The second-order valence-electron chi connectivity index (χ2n) is 6.29. The van der Waals surface area contributed by atoms with Crippen LogP contribution in [-0.4, -0.2) is 64.0 Å². The molecule has 1 aromatic carbocycles. The quantitative estimate of drug-likeness (QED) is 0.766. The molecule has 1 heterocycles. The van der Waals surface area contributed by atoms with Gasteiger partial charge < -0.3 is 0 Å². The van der Waals surface area contributed by atoms with Gasteiger partial charge in [-0.25, -0.2) is 13.1 Å². The summed E-state index contributed by atoms with van der Waals surface area (Å²) in [6.07, 6.45) is 0. The van der Waals surface area contributed by atoms with Crippen molar-refractivity contribution < 1.29 is 8.42 Å². The van der Waals surface area contributed by atoms with E-state index in [-0.39, 0.29) is 0 Å². The second-order valence-corrected chi connectivity index (χ2v) is 8.05. The first kappa shape index (κ1) is 18.1. The Hall–Kier alpha value is -1.21. The summed E-state index contributed by atoms with van der Waals surface area (Å²) in [5.74, 6) is 0. The fourth-order valence-corrected chi connectivity index (χ4v) is 3.71. The van der Waals surface area contributed by atoms with Crippen LogP contribution in [0, 0.1) is 6.92 Å². The van der Waals surface area contributed by atoms with Crippen molar-refractivity contribution in [1.29, 1.82) is 0 Å². The minimum atomic E-state index is -3.40. The van der Waals surface area contributed by atoms with Crippen LogP contribution in [0.3, 0.4) is 0 Å². The van der Waals surface area contributed by atoms with E-state index in [1.54, 1.807) is 12.1 Å². The predicted octanol–water partition coefficient (Wildman–Crippen LogP) is 1.47. The molecule has 5 nitrogen and oxygen atoms in total. The molecule has 2 rings (SSSR count). The number of rotatable bonds is 7. The average molecular weight is 337 g/mol. The first-order valence-electron chi connectivity index (χ1n) is 8.02. The fourth-order valence-electron chi connectivity index (χ4n) is 2.69. The molecule has 0 aromatic heterocycles. The Morgan fingerprint density at radius 2 is 1.70 bits per heavy atom. The minimum Gasteiger partial charge on any atom is -0.299 e. The van der Waals surface area contributed by atoms with Crippen molar-refractivity contribution in [2.45, 2.75) is 18.7 Å². The summed E-state index contributed by atoms with van der Waals surface area (Å²) in [7, 11) is -3.40. The van der Waals surface area contributed by atoms with Crippen molar-refractivity contribution in [3.8, 4) is 0 Å². The maximum Gasteiger partial charge on any atom is 0.240 e. The summed E-state index contributed by atoms with van der Waals surface area (Å²) >= 11 is 0. The largest absolute Gasteiger partial charge is 0.299 e. The van der Waals surface area contributed by atoms with Crippen LogP contribution in [0.15, 0.2) is 41.3 Å². The van der Waals surface area contributed by atoms with Gasteiger partial charge in [-0.3, -0.25) is 9.80 Å². The summed E-state index contributed by atoms with van der Waals surface area (Å²) in [6.45, 7) is 14.0. The number of nitrogens with one attached hydrogen (secondary N) is 1. The highest BCUT2D eigenvalue weighted by Crippen LogP contribution is 2.09. The van der Waals surface area contributed by atoms with Crippen LogP contribution in [-0.2, 0) is 10.0 Å². The van der Waals surface area contributed by atoms with E-state index in [0.717, 1.165) is 44.8 Å². The van der Waals surface area contributed by atoms with E-state index in [2.05, 4.69) is 21.1 Å². The van der Waals surface area contributed by atoms with Crippen LogP contribution in [0.4, 0.5) is 0 Å². The molecule has 1 aromatic rings. The molecule has 128 valence electrons. The molecule has 0 saturated carbocycles. The summed E-state index contributed by atoms with van der Waals surface area (Å²) in [6, 6.07) is 6.92. The highest BCUT2D eigenvalue weighted by atomic mass is 32.2. The zero-order valence-electron chi connectivity index (χ0n) is 14.1. The smallest absolute Gasteiger partial charge is 0.240 e. The summed E-state index contributed by atoms with van der Waals surface area (Å²) in [5, 5.41) is 0. The van der Waals surface area contributed by atoms with Gasteiger partial charge >= 0.3 is 0 Å². The molecule has 1 fully saturated rings. The van der Waals surface area contributed by atoms with Crippen molar-refractivity contribution in [1.82, 2.24) is 14.5 Å². The second kappa shape index (κ2) is 8.06. The number of hydrogen-bond donors (Lipinski definition) is 1. The van der Waals surface area contributed by atoms with Gasteiger partial charge in [-0.2, -0.15) is 0 Å². The molecule has 1 saturated heterocycles. The standard InChI is InChI=1S/C17H27N3O2S/c1-15(2)14-20-12-10-19(11-13-20)9-8-18-23(21,22)17-6-4-16(3)5-7-17/h4-7,18H,1,8-14H2,2-3H3. The van der Waals surface area contributed by atoms with Crippen LogP contribution < -0.4 is 4.72 Å². The summed E-state index contributed by atoms with van der Waals surface area (Å²) in [5.41, 5.74) is 2.24. The molecule has 1 aliphatic heterocycles. The lowest BCUT2D eigenvalue weighted by molar-refractivity contribution is 0.142. The van der Waals surface area contributed by atoms with E-state index >= 15 is 0 Å². The third kappa shape index (κ3) is 5.73. The Balaban J connectivity index is 1.75. The molecule has 0 amide bonds. The first-order chi connectivity index (χ1) is 10.9. The van der Waals surface area contributed by atoms with Crippen LogP contribution in [0.5, 0.6) is 0 Å². The van der Waals surface area contributed by atoms with Gasteiger partial charge in [-0.05, 0) is 26.0 Å². The Morgan fingerprint density at radius 1 is 1.13 bits per heavy atom. The normalized spacial score (nSPS) is 17.3. The molecule has 0 spiro atoms. The molecular weight excluding hydrogens is 310 g/mol. The molecule has 1 aliphatic rings. The monoisotopic (exact) mass is 337 g/mol. The molecule has 0 atom stereocenters. The Morgan fingerprint density at radius 3 is 2.26 bits per heavy atom. The Labute approximate surface area is 140 Å². The number of hydrogen-bond acceptors (Lipinski definition) is 4. The van der Waals surface area contributed by atoms with Crippen LogP contribution in [0.1, 0.15) is 12.5 Å². The van der Waals surface area contributed by atoms with Crippen molar-refractivity contribution in [3.05, 3.63) is 42.0 Å². The van der Waals surface area contributed by atoms with Gasteiger partial charge in [0, 0.05) is 45.8 Å². The van der Waals surface area contributed by atoms with Crippen LogP contribution in [0.25, 0.3) is 0 Å². The Bertz CT molecular complexity index is 618. The van der Waals surface area contributed by atoms with E-state index < -0.39 is 10.0 Å². The number of benzene rings is 1. The van der Waals surface area contributed by atoms with Gasteiger partial charge in [0.1, 0.15) is 0 Å². The van der Waals surface area contributed by atoms with Gasteiger partial charge in [-0.15, -0.1) is 0 Å². The zero-order chi connectivity index (χ0) is 16.9.